The van der Waals surface area contributed by atoms with E-state index >= 15 is 0 Å². The first-order chi connectivity index (χ1) is 14.6. The molecule has 4 aromatic carbocycles. The molecule has 0 atom stereocenters. The van der Waals surface area contributed by atoms with Crippen LogP contribution in [-0.4, -0.2) is 12.4 Å². The quantitative estimate of drug-likeness (QED) is 0.350. The minimum Gasteiger partial charge on any atom is -0.237 e. The van der Waals surface area contributed by atoms with Crippen LogP contribution in [0.5, 0.6) is 0 Å². The molecule has 0 bridgehead atoms. The molecule has 3 nitrogen and oxygen atoms in total. The summed E-state index contributed by atoms with van der Waals surface area (Å²) in [5.74, 6) is 0. The van der Waals surface area contributed by atoms with Crippen LogP contribution in [0.15, 0.2) is 102 Å². The summed E-state index contributed by atoms with van der Waals surface area (Å²) in [6.45, 7) is 2.01. The van der Waals surface area contributed by atoms with Crippen molar-refractivity contribution in [2.45, 2.75) is 18.2 Å². The number of hydrogen-bond acceptors (Lipinski definition) is 2. The van der Waals surface area contributed by atoms with Gasteiger partial charge >= 0.3 is 0 Å². The van der Waals surface area contributed by atoms with Gasteiger partial charge in [-0.05, 0) is 41.0 Å². The maximum Gasteiger partial charge on any atom is 0.268 e. The van der Waals surface area contributed by atoms with Gasteiger partial charge in [-0.15, -0.1) is 0 Å². The van der Waals surface area contributed by atoms with Crippen LogP contribution in [0.3, 0.4) is 0 Å². The lowest BCUT2D eigenvalue weighted by molar-refractivity contribution is 0.587. The number of nitrogens with zero attached hydrogens (tertiary/aromatic N) is 1. The van der Waals surface area contributed by atoms with Gasteiger partial charge in [0.05, 0.1) is 10.4 Å². The van der Waals surface area contributed by atoms with Gasteiger partial charge in [0.25, 0.3) is 10.0 Å². The smallest absolute Gasteiger partial charge is 0.237 e. The van der Waals surface area contributed by atoms with E-state index in [1.54, 1.807) is 24.3 Å². The Kier molecular flexibility index (Phi) is 4.44. The zero-order chi connectivity index (χ0) is 20.7. The second-order valence-electron chi connectivity index (χ2n) is 7.30. The predicted octanol–water partition coefficient (Wildman–Crippen LogP) is 6.26. The fourth-order valence-electron chi connectivity index (χ4n) is 4.30. The maximum absolute atomic E-state index is 13.7. The van der Waals surface area contributed by atoms with E-state index < -0.39 is 10.0 Å². The van der Waals surface area contributed by atoms with Gasteiger partial charge < -0.3 is 0 Å². The molecule has 0 N–H and O–H groups in total. The van der Waals surface area contributed by atoms with Crippen molar-refractivity contribution in [2.24, 2.45) is 0 Å². The van der Waals surface area contributed by atoms with Gasteiger partial charge in [0.1, 0.15) is 0 Å². The highest BCUT2D eigenvalue weighted by atomic mass is 32.2. The molecule has 0 fully saturated rings. The highest BCUT2D eigenvalue weighted by Gasteiger charge is 2.27. The van der Waals surface area contributed by atoms with Crippen LogP contribution in [0.4, 0.5) is 0 Å². The van der Waals surface area contributed by atoms with E-state index in [0.29, 0.717) is 16.8 Å². The number of aromatic nitrogens is 1. The number of para-hydroxylation sites is 1. The molecule has 0 saturated heterocycles. The molecule has 0 radical (unpaired) electrons. The molecule has 148 valence electrons. The lowest BCUT2D eigenvalue weighted by Gasteiger charge is -2.13. The van der Waals surface area contributed by atoms with Crippen LogP contribution in [0.1, 0.15) is 12.6 Å². The van der Waals surface area contributed by atoms with Crippen molar-refractivity contribution < 1.29 is 8.42 Å². The molecule has 0 unspecified atom stereocenters. The minimum atomic E-state index is -3.73. The summed E-state index contributed by atoms with van der Waals surface area (Å²) in [4.78, 5) is 0.296. The Morgan fingerprint density at radius 3 is 2.10 bits per heavy atom. The zero-order valence-corrected chi connectivity index (χ0v) is 17.4. The van der Waals surface area contributed by atoms with E-state index in [2.05, 4.69) is 24.3 Å². The van der Waals surface area contributed by atoms with Crippen LogP contribution < -0.4 is 0 Å². The molecule has 0 saturated carbocycles. The first kappa shape index (κ1) is 18.6. The summed E-state index contributed by atoms with van der Waals surface area (Å²) in [5.41, 5.74) is 3.56. The molecule has 0 aliphatic rings. The Hall–Kier alpha value is -3.37. The largest absolute Gasteiger partial charge is 0.268 e. The number of rotatable bonds is 4. The summed E-state index contributed by atoms with van der Waals surface area (Å²) in [6.07, 6.45) is 0.597. The Balaban J connectivity index is 1.93. The van der Waals surface area contributed by atoms with Crippen LogP contribution in [-0.2, 0) is 16.4 Å². The van der Waals surface area contributed by atoms with Crippen LogP contribution in [0.25, 0.3) is 32.8 Å². The third kappa shape index (κ3) is 2.76. The van der Waals surface area contributed by atoms with Crippen LogP contribution in [0, 0.1) is 0 Å². The molecule has 0 aliphatic heterocycles. The summed E-state index contributed by atoms with van der Waals surface area (Å²) < 4.78 is 28.9. The zero-order valence-electron chi connectivity index (χ0n) is 16.6. The monoisotopic (exact) mass is 411 g/mol. The van der Waals surface area contributed by atoms with E-state index in [1.165, 1.54) is 3.97 Å². The molecular weight excluding hydrogens is 390 g/mol. The van der Waals surface area contributed by atoms with E-state index in [0.717, 1.165) is 33.0 Å². The normalized spacial score (nSPS) is 11.9. The van der Waals surface area contributed by atoms with Crippen molar-refractivity contribution in [3.8, 4) is 11.1 Å². The van der Waals surface area contributed by atoms with Crippen molar-refractivity contribution in [3.05, 3.63) is 103 Å². The molecular formula is C26H21NO2S. The molecule has 0 spiro atoms. The topological polar surface area (TPSA) is 39.1 Å². The number of benzene rings is 4. The van der Waals surface area contributed by atoms with Gasteiger partial charge in [-0.25, -0.2) is 12.4 Å². The average molecular weight is 412 g/mol. The van der Waals surface area contributed by atoms with E-state index in [4.69, 9.17) is 0 Å². The van der Waals surface area contributed by atoms with Gasteiger partial charge in [-0.3, -0.25) is 0 Å². The third-order valence-corrected chi connectivity index (χ3v) is 7.37. The van der Waals surface area contributed by atoms with Gasteiger partial charge in [0, 0.05) is 16.6 Å². The average Bonchev–Trinajstić information content (AvgIpc) is 3.14. The Bertz CT molecular complexity index is 1480. The molecule has 0 aliphatic carbocycles. The minimum absolute atomic E-state index is 0.296. The highest BCUT2D eigenvalue weighted by molar-refractivity contribution is 7.90. The SMILES string of the molecule is CCc1c(-c2cccc3ccccc23)c2ccccc2n1S(=O)(=O)c1ccccc1. The van der Waals surface area contributed by atoms with Crippen molar-refractivity contribution in [1.82, 2.24) is 3.97 Å². The molecule has 5 rings (SSSR count). The van der Waals surface area contributed by atoms with Gasteiger partial charge in [0.15, 0.2) is 0 Å². The summed E-state index contributed by atoms with van der Waals surface area (Å²) in [5, 5.41) is 3.21. The van der Waals surface area contributed by atoms with Crippen molar-refractivity contribution in [2.75, 3.05) is 0 Å². The van der Waals surface area contributed by atoms with E-state index in [1.807, 2.05) is 55.5 Å². The first-order valence-electron chi connectivity index (χ1n) is 10.0. The second-order valence-corrected chi connectivity index (χ2v) is 9.09. The van der Waals surface area contributed by atoms with Crippen LogP contribution >= 0.6 is 0 Å². The second kappa shape index (κ2) is 7.15. The molecule has 30 heavy (non-hydrogen) atoms. The van der Waals surface area contributed by atoms with Gasteiger partial charge in [0.2, 0.25) is 0 Å². The fraction of sp³-hybridized carbons (Fsp3) is 0.0769. The number of hydrogen-bond donors (Lipinski definition) is 0. The van der Waals surface area contributed by atoms with Gasteiger partial charge in [-0.2, -0.15) is 0 Å². The Labute approximate surface area is 176 Å². The van der Waals surface area contributed by atoms with Gasteiger partial charge in [-0.1, -0.05) is 85.8 Å². The predicted molar refractivity (Wildman–Crippen MR) is 123 cm³/mol. The highest BCUT2D eigenvalue weighted by Crippen LogP contribution is 2.40. The molecule has 1 aromatic heterocycles. The summed E-state index contributed by atoms with van der Waals surface area (Å²) in [7, 11) is -3.73. The molecule has 5 aromatic rings. The summed E-state index contributed by atoms with van der Waals surface area (Å²) in [6, 6.07) is 30.9. The van der Waals surface area contributed by atoms with Crippen molar-refractivity contribution in [3.63, 3.8) is 0 Å². The third-order valence-electron chi connectivity index (χ3n) is 5.60. The van der Waals surface area contributed by atoms with Crippen molar-refractivity contribution >= 4 is 31.7 Å². The van der Waals surface area contributed by atoms with E-state index in [9.17, 15) is 8.42 Å². The Morgan fingerprint density at radius 2 is 1.33 bits per heavy atom. The summed E-state index contributed by atoms with van der Waals surface area (Å²) >= 11 is 0. The van der Waals surface area contributed by atoms with Crippen molar-refractivity contribution in [1.29, 1.82) is 0 Å². The standard InChI is InChI=1S/C26H21NO2S/c1-2-24-26(22-17-10-12-19-11-6-7-15-21(19)22)23-16-8-9-18-25(23)27(24)30(28,29)20-13-4-3-5-14-20/h3-18H,2H2,1H3. The number of fused-ring (bicyclic) bond motifs is 2. The van der Waals surface area contributed by atoms with Crippen LogP contribution in [0.2, 0.25) is 0 Å². The lowest BCUT2D eigenvalue weighted by Crippen LogP contribution is -2.15. The maximum atomic E-state index is 13.7. The first-order valence-corrected chi connectivity index (χ1v) is 11.5. The van der Waals surface area contributed by atoms with E-state index in [-0.39, 0.29) is 0 Å². The molecule has 1 heterocycles. The molecule has 4 heteroatoms. The Morgan fingerprint density at radius 1 is 0.700 bits per heavy atom. The fourth-order valence-corrected chi connectivity index (χ4v) is 5.94. The lowest BCUT2D eigenvalue weighted by atomic mass is 9.95. The molecule has 0 amide bonds.